The second kappa shape index (κ2) is 4.64. The van der Waals surface area contributed by atoms with Gasteiger partial charge in [0.05, 0.1) is 7.11 Å². The molecule has 0 atom stereocenters. The van der Waals surface area contributed by atoms with Crippen molar-refractivity contribution in [3.05, 3.63) is 0 Å². The average Bonchev–Trinajstić information content (AvgIpc) is 2.17. The van der Waals surface area contributed by atoms with Gasteiger partial charge in [0, 0.05) is 5.92 Å². The van der Waals surface area contributed by atoms with E-state index < -0.39 is 0 Å². The quantitative estimate of drug-likeness (QED) is 0.518. The van der Waals surface area contributed by atoms with Crippen molar-refractivity contribution in [1.82, 2.24) is 0 Å². The van der Waals surface area contributed by atoms with Crippen LogP contribution in [-0.4, -0.2) is 13.0 Å². The van der Waals surface area contributed by atoms with Gasteiger partial charge >= 0.3 is 0 Å². The van der Waals surface area contributed by atoms with Gasteiger partial charge in [-0.05, 0) is 37.5 Å². The Morgan fingerprint density at radius 1 is 1.23 bits per heavy atom. The van der Waals surface area contributed by atoms with Gasteiger partial charge in [-0.1, -0.05) is 13.8 Å². The van der Waals surface area contributed by atoms with Gasteiger partial charge in [0.25, 0.3) is 0 Å². The minimum atomic E-state index is 0.403. The van der Waals surface area contributed by atoms with Crippen molar-refractivity contribution in [3.8, 4) is 0 Å². The van der Waals surface area contributed by atoms with Crippen LogP contribution in [0.15, 0.2) is 0 Å². The third-order valence-electron chi connectivity index (χ3n) is 3.31. The molecule has 1 aliphatic rings. The van der Waals surface area contributed by atoms with Crippen LogP contribution in [0.3, 0.4) is 0 Å². The van der Waals surface area contributed by atoms with Gasteiger partial charge in [0.15, 0.2) is 5.90 Å². The van der Waals surface area contributed by atoms with Crippen molar-refractivity contribution in [2.24, 2.45) is 17.8 Å². The van der Waals surface area contributed by atoms with Crippen molar-refractivity contribution in [2.45, 2.75) is 39.5 Å². The second-order valence-electron chi connectivity index (χ2n) is 4.42. The highest BCUT2D eigenvalue weighted by Crippen LogP contribution is 2.33. The fourth-order valence-corrected chi connectivity index (χ4v) is 2.21. The van der Waals surface area contributed by atoms with E-state index in [2.05, 4.69) is 13.8 Å². The number of hydrogen-bond acceptors (Lipinski definition) is 2. The van der Waals surface area contributed by atoms with Crippen LogP contribution in [0.1, 0.15) is 39.5 Å². The summed E-state index contributed by atoms with van der Waals surface area (Å²) in [7, 11) is 1.61. The van der Waals surface area contributed by atoms with E-state index in [0.717, 1.165) is 24.7 Å². The summed E-state index contributed by atoms with van der Waals surface area (Å²) in [6.45, 7) is 4.60. The summed E-state index contributed by atoms with van der Waals surface area (Å²) < 4.78 is 4.97. The van der Waals surface area contributed by atoms with Gasteiger partial charge in [0.1, 0.15) is 0 Å². The molecule has 0 radical (unpaired) electrons. The molecule has 0 heterocycles. The lowest BCUT2D eigenvalue weighted by molar-refractivity contribution is 0.234. The van der Waals surface area contributed by atoms with E-state index in [9.17, 15) is 0 Å². The van der Waals surface area contributed by atoms with Crippen molar-refractivity contribution < 1.29 is 4.74 Å². The third kappa shape index (κ3) is 2.71. The largest absolute Gasteiger partial charge is 0.484 e. The Morgan fingerprint density at radius 2 is 1.77 bits per heavy atom. The molecule has 0 aromatic heterocycles. The molecule has 1 N–H and O–H groups in total. The van der Waals surface area contributed by atoms with Gasteiger partial charge in [-0.25, -0.2) is 0 Å². The maximum atomic E-state index is 7.58. The average molecular weight is 183 g/mol. The molecule has 2 nitrogen and oxygen atoms in total. The molecule has 76 valence electrons. The number of rotatable bonds is 2. The second-order valence-corrected chi connectivity index (χ2v) is 4.42. The molecule has 0 saturated heterocycles. The molecule has 0 amide bonds. The first-order chi connectivity index (χ1) is 6.15. The van der Waals surface area contributed by atoms with Crippen LogP contribution in [0, 0.1) is 23.2 Å². The predicted molar refractivity (Wildman–Crippen MR) is 55.0 cm³/mol. The molecule has 13 heavy (non-hydrogen) atoms. The van der Waals surface area contributed by atoms with Gasteiger partial charge in [-0.15, -0.1) is 0 Å². The minimum Gasteiger partial charge on any atom is -0.484 e. The molecule has 0 unspecified atom stereocenters. The zero-order valence-corrected chi connectivity index (χ0v) is 8.97. The van der Waals surface area contributed by atoms with E-state index in [0.29, 0.717) is 11.8 Å². The van der Waals surface area contributed by atoms with Crippen LogP contribution in [-0.2, 0) is 4.74 Å². The number of ether oxygens (including phenoxy) is 1. The molecule has 0 aliphatic heterocycles. The topological polar surface area (TPSA) is 33.1 Å². The first-order valence-electron chi connectivity index (χ1n) is 5.27. The molecule has 0 bridgehead atoms. The summed E-state index contributed by atoms with van der Waals surface area (Å²) in [6, 6.07) is 0. The zero-order chi connectivity index (χ0) is 9.84. The van der Waals surface area contributed by atoms with Crippen molar-refractivity contribution in [3.63, 3.8) is 0 Å². The van der Waals surface area contributed by atoms with E-state index in [1.807, 2.05) is 0 Å². The van der Waals surface area contributed by atoms with Crippen LogP contribution in [0.5, 0.6) is 0 Å². The molecule has 1 fully saturated rings. The molecular weight excluding hydrogens is 162 g/mol. The summed E-state index contributed by atoms with van der Waals surface area (Å²) >= 11 is 0. The summed E-state index contributed by atoms with van der Waals surface area (Å²) in [6.07, 6.45) is 4.84. The maximum Gasteiger partial charge on any atom is 0.183 e. The Hall–Kier alpha value is -0.530. The summed E-state index contributed by atoms with van der Waals surface area (Å²) in [5.74, 6) is 2.57. The SMILES string of the molecule is COC(=N)C1CCC(C(C)C)CC1. The van der Waals surface area contributed by atoms with Gasteiger partial charge in [-0.3, -0.25) is 5.41 Å². The van der Waals surface area contributed by atoms with Crippen LogP contribution in [0.4, 0.5) is 0 Å². The van der Waals surface area contributed by atoms with E-state index in [1.54, 1.807) is 7.11 Å². The van der Waals surface area contributed by atoms with Crippen LogP contribution < -0.4 is 0 Å². The molecule has 2 heteroatoms. The Labute approximate surface area is 81.2 Å². The van der Waals surface area contributed by atoms with Gasteiger partial charge in [-0.2, -0.15) is 0 Å². The molecule has 0 aromatic carbocycles. The number of methoxy groups -OCH3 is 1. The Kier molecular flexibility index (Phi) is 3.76. The molecule has 1 saturated carbocycles. The highest BCUT2D eigenvalue weighted by atomic mass is 16.5. The Bertz CT molecular complexity index is 169. The molecule has 0 aromatic rings. The molecular formula is C11H21NO. The summed E-state index contributed by atoms with van der Waals surface area (Å²) in [5.41, 5.74) is 0. The first kappa shape index (κ1) is 10.6. The predicted octanol–water partition coefficient (Wildman–Crippen LogP) is 3.07. The highest BCUT2D eigenvalue weighted by molar-refractivity contribution is 5.75. The fourth-order valence-electron chi connectivity index (χ4n) is 2.21. The van der Waals surface area contributed by atoms with Gasteiger partial charge in [0.2, 0.25) is 0 Å². The van der Waals surface area contributed by atoms with E-state index in [4.69, 9.17) is 10.1 Å². The standard InChI is InChI=1S/C11H21NO/c1-8(2)9-4-6-10(7-5-9)11(12)13-3/h8-10,12H,4-7H2,1-3H3. The fraction of sp³-hybridized carbons (Fsp3) is 0.909. The van der Waals surface area contributed by atoms with E-state index >= 15 is 0 Å². The normalized spacial score (nSPS) is 28.9. The van der Waals surface area contributed by atoms with Crippen LogP contribution in [0.25, 0.3) is 0 Å². The van der Waals surface area contributed by atoms with E-state index in [1.165, 1.54) is 12.8 Å². The van der Waals surface area contributed by atoms with E-state index in [-0.39, 0.29) is 0 Å². The molecule has 0 spiro atoms. The van der Waals surface area contributed by atoms with Crippen molar-refractivity contribution >= 4 is 5.90 Å². The Morgan fingerprint density at radius 3 is 2.15 bits per heavy atom. The lowest BCUT2D eigenvalue weighted by Crippen LogP contribution is -2.24. The monoisotopic (exact) mass is 183 g/mol. The lowest BCUT2D eigenvalue weighted by atomic mass is 9.77. The third-order valence-corrected chi connectivity index (χ3v) is 3.31. The number of nitrogens with one attached hydrogen (secondary N) is 1. The highest BCUT2D eigenvalue weighted by Gasteiger charge is 2.25. The first-order valence-corrected chi connectivity index (χ1v) is 5.27. The van der Waals surface area contributed by atoms with Crippen LogP contribution in [0.2, 0.25) is 0 Å². The summed E-state index contributed by atoms with van der Waals surface area (Å²) in [4.78, 5) is 0. The summed E-state index contributed by atoms with van der Waals surface area (Å²) in [5, 5.41) is 7.58. The Balaban J connectivity index is 2.34. The van der Waals surface area contributed by atoms with Crippen molar-refractivity contribution in [2.75, 3.05) is 7.11 Å². The maximum absolute atomic E-state index is 7.58. The smallest absolute Gasteiger partial charge is 0.183 e. The van der Waals surface area contributed by atoms with Crippen molar-refractivity contribution in [1.29, 1.82) is 5.41 Å². The lowest BCUT2D eigenvalue weighted by Gasteiger charge is -2.30. The number of hydrogen-bond donors (Lipinski definition) is 1. The molecule has 1 rings (SSSR count). The zero-order valence-electron chi connectivity index (χ0n) is 8.97. The molecule has 1 aliphatic carbocycles. The van der Waals surface area contributed by atoms with Crippen LogP contribution >= 0.6 is 0 Å². The minimum absolute atomic E-state index is 0.403. The van der Waals surface area contributed by atoms with Gasteiger partial charge < -0.3 is 4.74 Å².